The van der Waals surface area contributed by atoms with Gasteiger partial charge in [0.1, 0.15) is 0 Å². The Kier molecular flexibility index (Phi) is 3.46. The summed E-state index contributed by atoms with van der Waals surface area (Å²) in [4.78, 5) is 7.09. The third kappa shape index (κ3) is 2.48. The van der Waals surface area contributed by atoms with Crippen LogP contribution in [-0.4, -0.2) is 36.1 Å². The van der Waals surface area contributed by atoms with Crippen molar-refractivity contribution in [1.29, 1.82) is 0 Å². The first-order chi connectivity index (χ1) is 8.83. The first-order valence-electron chi connectivity index (χ1n) is 6.30. The van der Waals surface area contributed by atoms with Crippen molar-refractivity contribution in [3.05, 3.63) is 41.0 Å². The summed E-state index contributed by atoms with van der Waals surface area (Å²) in [5.74, 6) is 0. The van der Waals surface area contributed by atoms with E-state index < -0.39 is 0 Å². The number of hydrogen-bond donors (Lipinski definition) is 1. The minimum absolute atomic E-state index is 0.731. The molecule has 0 unspecified atom stereocenters. The van der Waals surface area contributed by atoms with Crippen LogP contribution in [0, 0.1) is 0 Å². The highest BCUT2D eigenvalue weighted by Crippen LogP contribution is 2.21. The average molecular weight is 262 g/mol. The molecular weight excluding hydrogens is 246 g/mol. The van der Waals surface area contributed by atoms with Crippen LogP contribution in [0.1, 0.15) is 5.69 Å². The number of para-hydroxylation sites is 1. The fourth-order valence-corrected chi connectivity index (χ4v) is 2.56. The van der Waals surface area contributed by atoms with E-state index in [0.29, 0.717) is 0 Å². The zero-order valence-corrected chi connectivity index (χ0v) is 11.0. The number of benzene rings is 1. The van der Waals surface area contributed by atoms with Crippen molar-refractivity contribution in [2.75, 3.05) is 26.2 Å². The number of pyridine rings is 1. The Hall–Kier alpha value is -1.16. The van der Waals surface area contributed by atoms with Gasteiger partial charge < -0.3 is 5.32 Å². The number of piperazine rings is 1. The van der Waals surface area contributed by atoms with E-state index in [0.717, 1.165) is 54.3 Å². The molecular formula is C14H16ClN3. The third-order valence-corrected chi connectivity index (χ3v) is 3.63. The predicted octanol–water partition coefficient (Wildman–Crippen LogP) is 2.29. The molecule has 4 heteroatoms. The zero-order valence-electron chi connectivity index (χ0n) is 10.2. The summed E-state index contributed by atoms with van der Waals surface area (Å²) >= 11 is 6.19. The fraction of sp³-hybridized carbons (Fsp3) is 0.357. The van der Waals surface area contributed by atoms with Crippen molar-refractivity contribution >= 4 is 22.5 Å². The van der Waals surface area contributed by atoms with E-state index in [1.165, 1.54) is 0 Å². The predicted molar refractivity (Wildman–Crippen MR) is 74.9 cm³/mol. The van der Waals surface area contributed by atoms with Gasteiger partial charge in [0, 0.05) is 38.1 Å². The van der Waals surface area contributed by atoms with Crippen molar-refractivity contribution in [1.82, 2.24) is 15.2 Å². The molecule has 1 fully saturated rings. The lowest BCUT2D eigenvalue weighted by molar-refractivity contribution is 0.231. The van der Waals surface area contributed by atoms with Crippen LogP contribution in [0.15, 0.2) is 30.3 Å². The number of hydrogen-bond acceptors (Lipinski definition) is 3. The SMILES string of the molecule is Clc1cccc2ccc(CN3CCNCC3)nc12. The minimum Gasteiger partial charge on any atom is -0.314 e. The van der Waals surface area contributed by atoms with Crippen molar-refractivity contribution < 1.29 is 0 Å². The Morgan fingerprint density at radius 3 is 2.83 bits per heavy atom. The first kappa shape index (κ1) is 11.9. The van der Waals surface area contributed by atoms with Gasteiger partial charge in [0.2, 0.25) is 0 Å². The second-order valence-corrected chi connectivity index (χ2v) is 5.05. The van der Waals surface area contributed by atoms with Crippen LogP contribution in [0.3, 0.4) is 0 Å². The molecule has 1 N–H and O–H groups in total. The maximum atomic E-state index is 6.19. The fourth-order valence-electron chi connectivity index (χ4n) is 2.34. The molecule has 0 bridgehead atoms. The van der Waals surface area contributed by atoms with Crippen molar-refractivity contribution in [3.8, 4) is 0 Å². The maximum Gasteiger partial charge on any atom is 0.0891 e. The van der Waals surface area contributed by atoms with E-state index in [9.17, 15) is 0 Å². The zero-order chi connectivity index (χ0) is 12.4. The van der Waals surface area contributed by atoms with Gasteiger partial charge in [0.05, 0.1) is 16.2 Å². The van der Waals surface area contributed by atoms with Crippen LogP contribution in [0.4, 0.5) is 0 Å². The molecule has 0 aliphatic carbocycles. The van der Waals surface area contributed by atoms with Gasteiger partial charge in [0.15, 0.2) is 0 Å². The van der Waals surface area contributed by atoms with Gasteiger partial charge in [0.25, 0.3) is 0 Å². The highest BCUT2D eigenvalue weighted by atomic mass is 35.5. The second-order valence-electron chi connectivity index (χ2n) is 4.64. The molecule has 1 aliphatic rings. The molecule has 2 heterocycles. The summed E-state index contributed by atoms with van der Waals surface area (Å²) in [5, 5.41) is 5.19. The molecule has 1 aromatic heterocycles. The molecule has 94 valence electrons. The molecule has 0 saturated carbocycles. The van der Waals surface area contributed by atoms with Gasteiger partial charge in [-0.3, -0.25) is 4.90 Å². The lowest BCUT2D eigenvalue weighted by atomic mass is 10.2. The second kappa shape index (κ2) is 5.22. The highest BCUT2D eigenvalue weighted by molar-refractivity contribution is 6.35. The van der Waals surface area contributed by atoms with Crippen LogP contribution in [-0.2, 0) is 6.54 Å². The monoisotopic (exact) mass is 261 g/mol. The number of aromatic nitrogens is 1. The normalized spacial score (nSPS) is 17.2. The van der Waals surface area contributed by atoms with Gasteiger partial charge in [-0.05, 0) is 12.1 Å². The van der Waals surface area contributed by atoms with Gasteiger partial charge in [-0.25, -0.2) is 4.98 Å². The van der Waals surface area contributed by atoms with Crippen LogP contribution >= 0.6 is 11.6 Å². The largest absolute Gasteiger partial charge is 0.314 e. The molecule has 3 nitrogen and oxygen atoms in total. The molecule has 1 aliphatic heterocycles. The van der Waals surface area contributed by atoms with Gasteiger partial charge >= 0.3 is 0 Å². The Morgan fingerprint density at radius 1 is 1.17 bits per heavy atom. The molecule has 18 heavy (non-hydrogen) atoms. The summed E-state index contributed by atoms with van der Waals surface area (Å²) in [5.41, 5.74) is 2.00. The van der Waals surface area contributed by atoms with E-state index in [1.54, 1.807) is 0 Å². The third-order valence-electron chi connectivity index (χ3n) is 3.32. The summed E-state index contributed by atoms with van der Waals surface area (Å²) in [6, 6.07) is 10.1. The molecule has 0 amide bonds. The van der Waals surface area contributed by atoms with Crippen LogP contribution < -0.4 is 5.32 Å². The number of halogens is 1. The number of nitrogens with zero attached hydrogens (tertiary/aromatic N) is 2. The van der Waals surface area contributed by atoms with E-state index in [1.807, 2.05) is 18.2 Å². The Morgan fingerprint density at radius 2 is 2.00 bits per heavy atom. The summed E-state index contributed by atoms with van der Waals surface area (Å²) in [6.45, 7) is 5.20. The molecule has 1 aromatic carbocycles. The van der Waals surface area contributed by atoms with Crippen LogP contribution in [0.25, 0.3) is 10.9 Å². The Bertz CT molecular complexity index is 550. The minimum atomic E-state index is 0.731. The lowest BCUT2D eigenvalue weighted by Crippen LogP contribution is -2.43. The Balaban J connectivity index is 1.86. The number of fused-ring (bicyclic) bond motifs is 1. The maximum absolute atomic E-state index is 6.19. The number of nitrogens with one attached hydrogen (secondary N) is 1. The average Bonchev–Trinajstić information content (AvgIpc) is 2.41. The molecule has 0 radical (unpaired) electrons. The number of rotatable bonds is 2. The summed E-state index contributed by atoms with van der Waals surface area (Å²) in [6.07, 6.45) is 0. The smallest absolute Gasteiger partial charge is 0.0891 e. The molecule has 2 aromatic rings. The summed E-state index contributed by atoms with van der Waals surface area (Å²) < 4.78 is 0. The van der Waals surface area contributed by atoms with E-state index >= 15 is 0 Å². The van der Waals surface area contributed by atoms with E-state index in [-0.39, 0.29) is 0 Å². The van der Waals surface area contributed by atoms with Crippen molar-refractivity contribution in [3.63, 3.8) is 0 Å². The molecule has 0 atom stereocenters. The molecule has 3 rings (SSSR count). The van der Waals surface area contributed by atoms with Gasteiger partial charge in [-0.1, -0.05) is 29.8 Å². The standard InChI is InChI=1S/C14H16ClN3/c15-13-3-1-2-11-4-5-12(17-14(11)13)10-18-8-6-16-7-9-18/h1-5,16H,6-10H2. The van der Waals surface area contributed by atoms with Crippen LogP contribution in [0.5, 0.6) is 0 Å². The lowest BCUT2D eigenvalue weighted by Gasteiger charge is -2.26. The van der Waals surface area contributed by atoms with E-state index in [4.69, 9.17) is 11.6 Å². The van der Waals surface area contributed by atoms with Gasteiger partial charge in [-0.15, -0.1) is 0 Å². The van der Waals surface area contributed by atoms with E-state index in [2.05, 4.69) is 27.3 Å². The highest BCUT2D eigenvalue weighted by Gasteiger charge is 2.11. The quantitative estimate of drug-likeness (QED) is 0.899. The Labute approximate surface area is 112 Å². The van der Waals surface area contributed by atoms with Crippen molar-refractivity contribution in [2.24, 2.45) is 0 Å². The van der Waals surface area contributed by atoms with Gasteiger partial charge in [-0.2, -0.15) is 0 Å². The molecule has 1 saturated heterocycles. The first-order valence-corrected chi connectivity index (χ1v) is 6.68. The molecule has 0 spiro atoms. The van der Waals surface area contributed by atoms with Crippen molar-refractivity contribution in [2.45, 2.75) is 6.54 Å². The van der Waals surface area contributed by atoms with Crippen LogP contribution in [0.2, 0.25) is 5.02 Å². The summed E-state index contributed by atoms with van der Waals surface area (Å²) in [7, 11) is 0. The topological polar surface area (TPSA) is 28.2 Å².